The average molecular weight is 285 g/mol. The van der Waals surface area contributed by atoms with E-state index in [4.69, 9.17) is 19.7 Å². The van der Waals surface area contributed by atoms with Crippen LogP contribution >= 0.6 is 0 Å². The molecule has 112 valence electrons. The van der Waals surface area contributed by atoms with E-state index in [2.05, 4.69) is 10.0 Å². The second-order valence-corrected chi connectivity index (χ2v) is 4.69. The minimum atomic E-state index is -1.05. The molecule has 0 aromatic rings. The van der Waals surface area contributed by atoms with E-state index < -0.39 is 30.4 Å². The summed E-state index contributed by atoms with van der Waals surface area (Å²) < 4.78 is 15.9. The van der Waals surface area contributed by atoms with Gasteiger partial charge in [0.05, 0.1) is 6.10 Å². The smallest absolute Gasteiger partial charge is 0.304 e. The minimum absolute atomic E-state index is 0.175. The van der Waals surface area contributed by atoms with Gasteiger partial charge in [0.25, 0.3) is 0 Å². The van der Waals surface area contributed by atoms with Gasteiger partial charge in [0.1, 0.15) is 12.1 Å². The van der Waals surface area contributed by atoms with Gasteiger partial charge in [-0.05, 0) is 12.0 Å². The van der Waals surface area contributed by atoms with Gasteiger partial charge in [0.15, 0.2) is 0 Å². The van der Waals surface area contributed by atoms with E-state index in [0.717, 1.165) is 0 Å². The number of azide groups is 1. The molecule has 0 N–H and O–H groups in total. The first-order chi connectivity index (χ1) is 9.40. The maximum absolute atomic E-state index is 11.2. The van der Waals surface area contributed by atoms with Gasteiger partial charge in [0, 0.05) is 24.7 Å². The number of ether oxygens (including phenoxy) is 3. The first-order valence-electron chi connectivity index (χ1n) is 6.44. The quantitative estimate of drug-likeness (QED) is 0.339. The molecule has 8 heteroatoms. The molecule has 0 saturated carbocycles. The zero-order valence-corrected chi connectivity index (χ0v) is 12.0. The van der Waals surface area contributed by atoms with Crippen molar-refractivity contribution in [2.24, 2.45) is 11.0 Å². The maximum Gasteiger partial charge on any atom is 0.304 e. The predicted octanol–water partition coefficient (Wildman–Crippen LogP) is 1.93. The summed E-state index contributed by atoms with van der Waals surface area (Å²) in [5.41, 5.74) is 8.65. The third-order valence-corrected chi connectivity index (χ3v) is 3.20. The Morgan fingerprint density at radius 2 is 1.90 bits per heavy atom. The largest absolute Gasteiger partial charge is 0.461 e. The van der Waals surface area contributed by atoms with Gasteiger partial charge >= 0.3 is 11.9 Å². The number of hydrogen-bond donors (Lipinski definition) is 0. The molecule has 8 nitrogen and oxygen atoms in total. The third-order valence-electron chi connectivity index (χ3n) is 3.20. The first kappa shape index (κ1) is 16.3. The Balaban J connectivity index is 3.06. The standard InChI is InChI=1S/C12H19N3O5/c1-5-9-6(2)11(18-7(3)16)10(14-15-13)12(20-9)19-8(4)17/h6,9-12H,5H2,1-4H3/t6-,9+,10+,11-,12+/m0/s1. The number of carbonyl (C=O) groups excluding carboxylic acids is 2. The van der Waals surface area contributed by atoms with E-state index in [1.807, 2.05) is 13.8 Å². The fraction of sp³-hybridized carbons (Fsp3) is 0.833. The summed E-state index contributed by atoms with van der Waals surface area (Å²) in [5.74, 6) is -1.22. The van der Waals surface area contributed by atoms with Gasteiger partial charge in [-0.1, -0.05) is 19.0 Å². The van der Waals surface area contributed by atoms with Crippen molar-refractivity contribution in [2.45, 2.75) is 58.7 Å². The molecular weight excluding hydrogens is 266 g/mol. The summed E-state index contributed by atoms with van der Waals surface area (Å²) in [6.07, 6.45) is -1.34. The summed E-state index contributed by atoms with van der Waals surface area (Å²) in [7, 11) is 0. The zero-order chi connectivity index (χ0) is 15.3. The lowest BCUT2D eigenvalue weighted by molar-refractivity contribution is -0.241. The summed E-state index contributed by atoms with van der Waals surface area (Å²) >= 11 is 0. The molecule has 0 spiro atoms. The van der Waals surface area contributed by atoms with Crippen LogP contribution in [-0.4, -0.2) is 36.5 Å². The molecule has 1 aliphatic heterocycles. The Bertz CT molecular complexity index is 421. The zero-order valence-electron chi connectivity index (χ0n) is 12.0. The second kappa shape index (κ2) is 7.12. The molecule has 20 heavy (non-hydrogen) atoms. The van der Waals surface area contributed by atoms with Crippen LogP contribution in [0.25, 0.3) is 10.4 Å². The van der Waals surface area contributed by atoms with Crippen molar-refractivity contribution in [3.05, 3.63) is 10.4 Å². The van der Waals surface area contributed by atoms with Crippen LogP contribution in [-0.2, 0) is 23.8 Å². The molecule has 0 aromatic carbocycles. The molecule has 0 unspecified atom stereocenters. The molecule has 0 bridgehead atoms. The molecule has 0 amide bonds. The fourth-order valence-corrected chi connectivity index (χ4v) is 2.33. The highest BCUT2D eigenvalue weighted by atomic mass is 16.7. The summed E-state index contributed by atoms with van der Waals surface area (Å²) in [5, 5.41) is 3.57. The van der Waals surface area contributed by atoms with Crippen LogP contribution in [0, 0.1) is 5.92 Å². The third kappa shape index (κ3) is 3.85. The highest BCUT2D eigenvalue weighted by molar-refractivity contribution is 5.67. The lowest BCUT2D eigenvalue weighted by Gasteiger charge is -2.42. The van der Waals surface area contributed by atoms with Crippen molar-refractivity contribution in [1.82, 2.24) is 0 Å². The number of carbonyl (C=O) groups is 2. The maximum atomic E-state index is 11.2. The van der Waals surface area contributed by atoms with Crippen LogP contribution in [0.3, 0.4) is 0 Å². The van der Waals surface area contributed by atoms with Crippen LogP contribution in [0.2, 0.25) is 0 Å². The molecule has 0 aromatic heterocycles. The summed E-state index contributed by atoms with van der Waals surface area (Å²) in [6, 6.07) is -0.898. The fourth-order valence-electron chi connectivity index (χ4n) is 2.33. The van der Waals surface area contributed by atoms with Gasteiger partial charge in [-0.3, -0.25) is 9.59 Å². The van der Waals surface area contributed by atoms with Crippen molar-refractivity contribution >= 4 is 11.9 Å². The Morgan fingerprint density at radius 3 is 2.35 bits per heavy atom. The normalized spacial score (nSPS) is 32.9. The molecule has 1 aliphatic rings. The van der Waals surface area contributed by atoms with Gasteiger partial charge in [0.2, 0.25) is 6.29 Å². The van der Waals surface area contributed by atoms with Crippen LogP contribution in [0.1, 0.15) is 34.1 Å². The van der Waals surface area contributed by atoms with Crippen LogP contribution in [0.5, 0.6) is 0 Å². The lowest BCUT2D eigenvalue weighted by Crippen LogP contribution is -2.55. The van der Waals surface area contributed by atoms with Gasteiger partial charge < -0.3 is 14.2 Å². The highest BCUT2D eigenvalue weighted by Gasteiger charge is 2.46. The molecule has 1 rings (SSSR count). The van der Waals surface area contributed by atoms with Crippen molar-refractivity contribution in [3.63, 3.8) is 0 Å². The van der Waals surface area contributed by atoms with Crippen LogP contribution in [0.4, 0.5) is 0 Å². The molecular formula is C12H19N3O5. The average Bonchev–Trinajstić information content (AvgIpc) is 2.36. The Labute approximate surface area is 117 Å². The van der Waals surface area contributed by atoms with E-state index in [-0.39, 0.29) is 12.0 Å². The molecule has 1 fully saturated rings. The minimum Gasteiger partial charge on any atom is -0.461 e. The van der Waals surface area contributed by atoms with Crippen molar-refractivity contribution in [2.75, 3.05) is 0 Å². The van der Waals surface area contributed by atoms with Gasteiger partial charge in [-0.15, -0.1) is 0 Å². The van der Waals surface area contributed by atoms with E-state index in [9.17, 15) is 9.59 Å². The lowest BCUT2D eigenvalue weighted by atomic mass is 9.88. The predicted molar refractivity (Wildman–Crippen MR) is 68.4 cm³/mol. The topological polar surface area (TPSA) is 111 Å². The second-order valence-electron chi connectivity index (χ2n) is 4.69. The van der Waals surface area contributed by atoms with Crippen molar-refractivity contribution < 1.29 is 23.8 Å². The monoisotopic (exact) mass is 285 g/mol. The van der Waals surface area contributed by atoms with Crippen LogP contribution in [0.15, 0.2) is 5.11 Å². The van der Waals surface area contributed by atoms with E-state index >= 15 is 0 Å². The summed E-state index contributed by atoms with van der Waals surface area (Å²) in [4.78, 5) is 25.1. The SMILES string of the molecule is CC[C@H]1O[C@@H](OC(C)=O)[C@H](N=[N+]=[N-])[C@@H](OC(C)=O)[C@H]1C. The molecule has 0 aliphatic carbocycles. The highest BCUT2D eigenvalue weighted by Crippen LogP contribution is 2.32. The molecule has 0 radical (unpaired) electrons. The number of nitrogens with zero attached hydrogens (tertiary/aromatic N) is 3. The Hall–Kier alpha value is -1.79. The first-order valence-corrected chi connectivity index (χ1v) is 6.44. The van der Waals surface area contributed by atoms with E-state index in [0.29, 0.717) is 6.42 Å². The van der Waals surface area contributed by atoms with Gasteiger partial charge in [-0.25, -0.2) is 0 Å². The number of esters is 2. The summed E-state index contributed by atoms with van der Waals surface area (Å²) in [6.45, 7) is 6.25. The number of hydrogen-bond acceptors (Lipinski definition) is 6. The van der Waals surface area contributed by atoms with Crippen molar-refractivity contribution in [1.29, 1.82) is 0 Å². The Morgan fingerprint density at radius 1 is 1.30 bits per heavy atom. The molecule has 5 atom stereocenters. The van der Waals surface area contributed by atoms with Gasteiger partial charge in [-0.2, -0.15) is 0 Å². The molecule has 1 saturated heterocycles. The van der Waals surface area contributed by atoms with Crippen molar-refractivity contribution in [3.8, 4) is 0 Å². The number of rotatable bonds is 4. The molecule has 1 heterocycles. The Kier molecular flexibility index (Phi) is 5.79. The van der Waals surface area contributed by atoms with Crippen LogP contribution < -0.4 is 0 Å². The van der Waals surface area contributed by atoms with E-state index in [1.165, 1.54) is 13.8 Å². The van der Waals surface area contributed by atoms with E-state index in [1.54, 1.807) is 0 Å².